The lowest BCUT2D eigenvalue weighted by Crippen LogP contribution is -2.60. The number of hydrogen-bond acceptors (Lipinski definition) is 9. The molecule has 12 atom stereocenters. The van der Waals surface area contributed by atoms with E-state index in [2.05, 4.69) is 18.4 Å². The van der Waals surface area contributed by atoms with Gasteiger partial charge in [0.1, 0.15) is 12.2 Å². The Labute approximate surface area is 266 Å². The van der Waals surface area contributed by atoms with Gasteiger partial charge in [-0.3, -0.25) is 9.59 Å². The maximum atomic E-state index is 13.2. The van der Waals surface area contributed by atoms with Crippen LogP contribution in [0.1, 0.15) is 67.7 Å². The number of rotatable bonds is 9. The molecule has 2 heterocycles. The van der Waals surface area contributed by atoms with Crippen LogP contribution in [0.25, 0.3) is 0 Å². The molecule has 0 bridgehead atoms. The van der Waals surface area contributed by atoms with Gasteiger partial charge in [-0.2, -0.15) is 0 Å². The van der Waals surface area contributed by atoms with Gasteiger partial charge >= 0.3 is 5.97 Å². The third kappa shape index (κ3) is 10.6. The minimum absolute atomic E-state index is 0.0142. The predicted molar refractivity (Wildman–Crippen MR) is 172 cm³/mol. The van der Waals surface area contributed by atoms with Gasteiger partial charge in [-0.05, 0) is 52.8 Å². The Morgan fingerprint density at radius 2 is 1.77 bits per heavy atom. The van der Waals surface area contributed by atoms with E-state index < -0.39 is 36.5 Å². The number of carbonyl (C=O) groups is 2. The monoisotopic (exact) mass is 621 g/mol. The van der Waals surface area contributed by atoms with Crippen LogP contribution in [0.15, 0.2) is 36.5 Å². The van der Waals surface area contributed by atoms with E-state index in [4.69, 9.17) is 23.7 Å². The quantitative estimate of drug-likeness (QED) is 0.217. The largest absolute Gasteiger partial charge is 0.462 e. The number of carbonyl (C=O) groups excluding carboxylic acids is 2. The predicted octanol–water partition coefficient (Wildman–Crippen LogP) is 4.97. The number of likely N-dealkylation sites (N-methyl/N-ethyl adjacent to an activating group) is 1. The van der Waals surface area contributed by atoms with Gasteiger partial charge in [-0.1, -0.05) is 58.4 Å². The van der Waals surface area contributed by atoms with E-state index in [0.717, 1.165) is 5.57 Å². The summed E-state index contributed by atoms with van der Waals surface area (Å²) in [7, 11) is 5.70. The maximum absolute atomic E-state index is 13.2. The van der Waals surface area contributed by atoms with Gasteiger partial charge in [-0.25, -0.2) is 0 Å². The summed E-state index contributed by atoms with van der Waals surface area (Å²) in [5.74, 6) is -1.39. The summed E-state index contributed by atoms with van der Waals surface area (Å²) in [5, 5.41) is 11.4. The Bertz CT molecular complexity index is 980. The van der Waals surface area contributed by atoms with E-state index in [1.165, 1.54) is 0 Å². The number of cyclic esters (lactones) is 1. The second kappa shape index (κ2) is 18.3. The summed E-state index contributed by atoms with van der Waals surface area (Å²) in [6.07, 6.45) is 4.80. The number of aliphatic hydroxyl groups is 1. The lowest BCUT2D eigenvalue weighted by atomic mass is 9.82. The highest BCUT2D eigenvalue weighted by Crippen LogP contribution is 2.35. The van der Waals surface area contributed by atoms with Gasteiger partial charge in [0.15, 0.2) is 12.1 Å². The summed E-state index contributed by atoms with van der Waals surface area (Å²) in [6.45, 7) is 18.3. The molecule has 9 nitrogen and oxygen atoms in total. The minimum atomic E-state index is -1.04. The number of ether oxygens (including phenoxy) is 5. The number of ketones is 1. The second-order valence-electron chi connectivity index (χ2n) is 13.1. The van der Waals surface area contributed by atoms with Crippen molar-refractivity contribution in [3.8, 4) is 0 Å². The van der Waals surface area contributed by atoms with Crippen LogP contribution in [0.4, 0.5) is 0 Å². The van der Waals surface area contributed by atoms with Gasteiger partial charge < -0.3 is 33.7 Å². The van der Waals surface area contributed by atoms with E-state index >= 15 is 0 Å². The molecule has 2 aliphatic heterocycles. The summed E-state index contributed by atoms with van der Waals surface area (Å²) in [4.78, 5) is 28.6. The van der Waals surface area contributed by atoms with Crippen LogP contribution in [-0.4, -0.2) is 99.0 Å². The number of esters is 1. The minimum Gasteiger partial charge on any atom is -0.462 e. The van der Waals surface area contributed by atoms with Crippen LogP contribution in [0.3, 0.4) is 0 Å². The van der Waals surface area contributed by atoms with Gasteiger partial charge in [0, 0.05) is 36.8 Å². The first-order chi connectivity index (χ1) is 20.7. The molecule has 0 aliphatic carbocycles. The third-order valence-corrected chi connectivity index (χ3v) is 9.36. The molecule has 0 amide bonds. The van der Waals surface area contributed by atoms with Crippen molar-refractivity contribution in [1.82, 2.24) is 4.90 Å². The normalized spacial score (nSPS) is 40.2. The zero-order valence-electron chi connectivity index (χ0n) is 28.7. The molecule has 1 fully saturated rings. The fourth-order valence-electron chi connectivity index (χ4n) is 6.60. The molecule has 0 aromatic rings. The summed E-state index contributed by atoms with van der Waals surface area (Å²) < 4.78 is 30.7. The first-order valence-electron chi connectivity index (χ1n) is 16.2. The van der Waals surface area contributed by atoms with Crippen molar-refractivity contribution in [1.29, 1.82) is 0 Å². The number of allylic oxidation sites excluding steroid dienone is 3. The zero-order chi connectivity index (χ0) is 33.1. The molecule has 1 saturated heterocycles. The molecule has 2 rings (SSSR count). The first-order valence-corrected chi connectivity index (χ1v) is 16.2. The van der Waals surface area contributed by atoms with Crippen LogP contribution >= 0.6 is 0 Å². The lowest BCUT2D eigenvalue weighted by Gasteiger charge is -2.48. The van der Waals surface area contributed by atoms with E-state index in [1.54, 1.807) is 19.3 Å². The standard InChI is InChI=1S/C35H59NO8/c1-12-16-41-20-27-17-21(3)14-15-28(37)22(4)18-23(5)33(25(7)29(38)19-31(39)43-30(27)13-2)44-35-34(40-11)32(36(9)10)24(6)26(8)42-35/h12,14-15,17,22-27,29-30,32-35,38H,1,13,16,18-20H2,2-11H3/b15-14+,21-17+/t22-,23+,24?,25+,26?,27-,29-,30-,32?,33+,34?,35?/m1/s1. The fraction of sp³-hybridized carbons (Fsp3) is 0.771. The van der Waals surface area contributed by atoms with Crippen molar-refractivity contribution >= 4 is 11.8 Å². The van der Waals surface area contributed by atoms with Crippen LogP contribution in [0, 0.1) is 29.6 Å². The van der Waals surface area contributed by atoms with Gasteiger partial charge in [0.05, 0.1) is 37.9 Å². The molecule has 0 radical (unpaired) electrons. The van der Waals surface area contributed by atoms with Crippen molar-refractivity contribution in [2.45, 2.75) is 111 Å². The third-order valence-electron chi connectivity index (χ3n) is 9.36. The highest BCUT2D eigenvalue weighted by atomic mass is 16.7. The molecule has 0 aromatic heterocycles. The Morgan fingerprint density at radius 1 is 1.09 bits per heavy atom. The molecular weight excluding hydrogens is 562 g/mol. The molecule has 44 heavy (non-hydrogen) atoms. The number of aliphatic hydroxyl groups excluding tert-OH is 1. The number of nitrogens with zero attached hydrogens (tertiary/aromatic N) is 1. The highest BCUT2D eigenvalue weighted by molar-refractivity contribution is 5.91. The van der Waals surface area contributed by atoms with Crippen LogP contribution < -0.4 is 0 Å². The molecule has 1 N–H and O–H groups in total. The van der Waals surface area contributed by atoms with E-state index in [0.29, 0.717) is 26.1 Å². The van der Waals surface area contributed by atoms with Gasteiger partial charge in [0.2, 0.25) is 0 Å². The molecule has 252 valence electrons. The number of hydrogen-bond donors (Lipinski definition) is 1. The molecule has 2 aliphatic rings. The zero-order valence-corrected chi connectivity index (χ0v) is 28.7. The van der Waals surface area contributed by atoms with E-state index in [-0.39, 0.29) is 54.1 Å². The van der Waals surface area contributed by atoms with Crippen molar-refractivity contribution in [2.75, 3.05) is 34.4 Å². The average molecular weight is 622 g/mol. The number of methoxy groups -OCH3 is 1. The molecule has 9 heteroatoms. The smallest absolute Gasteiger partial charge is 0.308 e. The van der Waals surface area contributed by atoms with Crippen LogP contribution in [0.5, 0.6) is 0 Å². The van der Waals surface area contributed by atoms with Gasteiger partial charge in [-0.15, -0.1) is 6.58 Å². The van der Waals surface area contributed by atoms with Crippen LogP contribution in [-0.2, 0) is 33.3 Å². The van der Waals surface area contributed by atoms with Crippen molar-refractivity contribution in [3.05, 3.63) is 36.5 Å². The summed E-state index contributed by atoms with van der Waals surface area (Å²) in [5.41, 5.74) is 0.876. The fourth-order valence-corrected chi connectivity index (χ4v) is 6.60. The SMILES string of the molecule is C=CCOC[C@H]1/C=C(C)/C=C/C(=O)[C@H](C)C[C@H](C)[C@H](OC2OC(C)C(C)C(N(C)C)C2OC)[C@@H](C)[C@H](O)CC(=O)O[C@@H]1CC. The first kappa shape index (κ1) is 38.3. The van der Waals surface area contributed by atoms with Crippen molar-refractivity contribution in [2.24, 2.45) is 29.6 Å². The molecule has 5 unspecified atom stereocenters. The summed E-state index contributed by atoms with van der Waals surface area (Å²) in [6, 6.07) is 0.0433. The summed E-state index contributed by atoms with van der Waals surface area (Å²) >= 11 is 0. The molecule has 0 aromatic carbocycles. The Hall–Kier alpha value is -1.88. The van der Waals surface area contributed by atoms with E-state index in [9.17, 15) is 14.7 Å². The van der Waals surface area contributed by atoms with Crippen LogP contribution in [0.2, 0.25) is 0 Å². The van der Waals surface area contributed by atoms with Crippen molar-refractivity contribution < 1.29 is 38.4 Å². The Kier molecular flexibility index (Phi) is 15.9. The highest BCUT2D eigenvalue weighted by Gasteiger charge is 2.46. The average Bonchev–Trinajstić information content (AvgIpc) is 2.97. The molecule has 0 saturated carbocycles. The van der Waals surface area contributed by atoms with E-state index in [1.807, 2.05) is 67.8 Å². The second-order valence-corrected chi connectivity index (χ2v) is 13.1. The molecular formula is C35H59NO8. The molecule has 0 spiro atoms. The maximum Gasteiger partial charge on any atom is 0.308 e. The Balaban J connectivity index is 2.45. The topological polar surface area (TPSA) is 104 Å². The van der Waals surface area contributed by atoms with Crippen molar-refractivity contribution in [3.63, 3.8) is 0 Å². The van der Waals surface area contributed by atoms with Gasteiger partial charge in [0.25, 0.3) is 0 Å². The Morgan fingerprint density at radius 3 is 2.36 bits per heavy atom. The lowest BCUT2D eigenvalue weighted by molar-refractivity contribution is -0.298.